The lowest BCUT2D eigenvalue weighted by Gasteiger charge is -2.34. The molecule has 1 aliphatic heterocycles. The number of carbonyl (C=O) groups is 1. The van der Waals surface area contributed by atoms with Crippen molar-refractivity contribution in [2.24, 2.45) is 0 Å². The van der Waals surface area contributed by atoms with Crippen LogP contribution in [-0.2, 0) is 13.0 Å². The molecular weight excluding hydrogens is 376 g/mol. The predicted octanol–water partition coefficient (Wildman–Crippen LogP) is 4.54. The van der Waals surface area contributed by atoms with E-state index in [0.717, 1.165) is 16.7 Å². The summed E-state index contributed by atoms with van der Waals surface area (Å²) in [6.45, 7) is 0.902. The maximum atomic E-state index is 13.0. The molecule has 0 fully saturated rings. The Labute approximate surface area is 176 Å². The highest BCUT2D eigenvalue weighted by atomic mass is 16.5. The van der Waals surface area contributed by atoms with Gasteiger partial charge < -0.3 is 14.4 Å². The van der Waals surface area contributed by atoms with E-state index in [0.29, 0.717) is 36.6 Å². The Kier molecular flexibility index (Phi) is 5.67. The molecule has 3 aromatic carbocycles. The van der Waals surface area contributed by atoms with E-state index >= 15 is 0 Å². The van der Waals surface area contributed by atoms with Crippen LogP contribution in [0.25, 0.3) is 0 Å². The lowest BCUT2D eigenvalue weighted by molar-refractivity contribution is 0.0705. The Balaban J connectivity index is 1.62. The normalized spacial score (nSPS) is 15.1. The van der Waals surface area contributed by atoms with Crippen LogP contribution in [0, 0.1) is 11.3 Å². The summed E-state index contributed by atoms with van der Waals surface area (Å²) in [6.07, 6.45) is 0.651. The number of nitriles is 1. The fourth-order valence-electron chi connectivity index (χ4n) is 3.74. The first-order valence-corrected chi connectivity index (χ1v) is 9.84. The van der Waals surface area contributed by atoms with Crippen molar-refractivity contribution in [1.82, 2.24) is 4.90 Å². The number of carbonyl (C=O) groups excluding carboxylic acids is 1. The van der Waals surface area contributed by atoms with Crippen molar-refractivity contribution < 1.29 is 14.3 Å². The number of ether oxygens (including phenoxy) is 2. The summed E-state index contributed by atoms with van der Waals surface area (Å²) in [7, 11) is 1.58. The SMILES string of the molecule is COc1cc2c(cc1OCc1ccccc1)CCN(C(=O)c1ccccc1)[C@H]2C#N. The van der Waals surface area contributed by atoms with Crippen molar-refractivity contribution >= 4 is 5.91 Å². The monoisotopic (exact) mass is 398 g/mol. The Morgan fingerprint density at radius 2 is 1.77 bits per heavy atom. The number of methoxy groups -OCH3 is 1. The largest absolute Gasteiger partial charge is 0.493 e. The molecule has 5 heteroatoms. The van der Waals surface area contributed by atoms with Crippen LogP contribution in [0.1, 0.15) is 33.1 Å². The van der Waals surface area contributed by atoms with Crippen LogP contribution in [-0.4, -0.2) is 24.5 Å². The number of amides is 1. The minimum atomic E-state index is -0.668. The molecule has 0 unspecified atom stereocenters. The summed E-state index contributed by atoms with van der Waals surface area (Å²) >= 11 is 0. The highest BCUT2D eigenvalue weighted by Crippen LogP contribution is 2.38. The van der Waals surface area contributed by atoms with E-state index in [1.807, 2.05) is 60.7 Å². The van der Waals surface area contributed by atoms with E-state index in [-0.39, 0.29) is 5.91 Å². The lowest BCUT2D eigenvalue weighted by atomic mass is 9.92. The molecule has 1 aliphatic rings. The van der Waals surface area contributed by atoms with Crippen molar-refractivity contribution in [2.45, 2.75) is 19.1 Å². The number of hydrogen-bond donors (Lipinski definition) is 0. The average molecular weight is 398 g/mol. The molecular formula is C25H22N2O3. The number of fused-ring (bicyclic) bond motifs is 1. The second kappa shape index (κ2) is 8.71. The third kappa shape index (κ3) is 3.85. The number of nitrogens with zero attached hydrogens (tertiary/aromatic N) is 2. The van der Waals surface area contributed by atoms with E-state index in [1.54, 1.807) is 24.1 Å². The van der Waals surface area contributed by atoms with Crippen molar-refractivity contribution in [3.63, 3.8) is 0 Å². The molecule has 1 atom stereocenters. The van der Waals surface area contributed by atoms with E-state index < -0.39 is 6.04 Å². The fraction of sp³-hybridized carbons (Fsp3) is 0.200. The zero-order valence-corrected chi connectivity index (χ0v) is 16.7. The third-order valence-electron chi connectivity index (χ3n) is 5.29. The van der Waals surface area contributed by atoms with Gasteiger partial charge in [-0.25, -0.2) is 0 Å². The van der Waals surface area contributed by atoms with Crippen molar-refractivity contribution in [2.75, 3.05) is 13.7 Å². The van der Waals surface area contributed by atoms with E-state index in [1.165, 1.54) is 0 Å². The molecule has 0 bridgehead atoms. The second-order valence-corrected chi connectivity index (χ2v) is 7.12. The average Bonchev–Trinajstić information content (AvgIpc) is 2.82. The quantitative estimate of drug-likeness (QED) is 0.633. The van der Waals surface area contributed by atoms with E-state index in [4.69, 9.17) is 9.47 Å². The van der Waals surface area contributed by atoms with Gasteiger partial charge >= 0.3 is 0 Å². The maximum absolute atomic E-state index is 13.0. The van der Waals surface area contributed by atoms with Crippen LogP contribution >= 0.6 is 0 Å². The maximum Gasteiger partial charge on any atom is 0.255 e. The molecule has 0 saturated carbocycles. The topological polar surface area (TPSA) is 62.6 Å². The van der Waals surface area contributed by atoms with Gasteiger partial charge in [-0.2, -0.15) is 5.26 Å². The minimum Gasteiger partial charge on any atom is -0.493 e. The summed E-state index contributed by atoms with van der Waals surface area (Å²) in [5.74, 6) is 1.05. The Bertz CT molecular complexity index is 1070. The summed E-state index contributed by atoms with van der Waals surface area (Å²) in [4.78, 5) is 14.6. The molecule has 0 aliphatic carbocycles. The summed E-state index contributed by atoms with van der Waals surface area (Å²) in [5, 5.41) is 9.87. The van der Waals surface area contributed by atoms with Gasteiger partial charge in [-0.05, 0) is 47.4 Å². The molecule has 3 aromatic rings. The molecule has 1 amide bonds. The standard InChI is InChI=1S/C25H22N2O3/c1-29-23-15-21-20(14-24(23)30-17-18-8-4-2-5-9-18)12-13-27(22(21)16-26)25(28)19-10-6-3-7-11-19/h2-11,14-15,22H,12-13,17H2,1H3/t22-/m0/s1. The molecule has 1 heterocycles. The zero-order valence-electron chi connectivity index (χ0n) is 16.7. The molecule has 0 aromatic heterocycles. The molecule has 30 heavy (non-hydrogen) atoms. The van der Waals surface area contributed by atoms with E-state index in [9.17, 15) is 10.1 Å². The van der Waals surface area contributed by atoms with Gasteiger partial charge in [0.05, 0.1) is 13.2 Å². The van der Waals surface area contributed by atoms with Gasteiger partial charge in [0.25, 0.3) is 5.91 Å². The van der Waals surface area contributed by atoms with Crippen LogP contribution in [0.4, 0.5) is 0 Å². The van der Waals surface area contributed by atoms with Gasteiger partial charge in [0.2, 0.25) is 0 Å². The Hall–Kier alpha value is -3.78. The van der Waals surface area contributed by atoms with E-state index in [2.05, 4.69) is 6.07 Å². The van der Waals surface area contributed by atoms with Crippen molar-refractivity contribution in [3.05, 3.63) is 95.1 Å². The highest BCUT2D eigenvalue weighted by molar-refractivity contribution is 5.95. The van der Waals surface area contributed by atoms with Gasteiger partial charge in [-0.15, -0.1) is 0 Å². The number of hydrogen-bond acceptors (Lipinski definition) is 4. The van der Waals surface area contributed by atoms with Gasteiger partial charge in [0.15, 0.2) is 11.5 Å². The molecule has 5 nitrogen and oxygen atoms in total. The van der Waals surface area contributed by atoms with Gasteiger partial charge in [-0.1, -0.05) is 48.5 Å². The molecule has 0 radical (unpaired) electrons. The molecule has 4 rings (SSSR count). The smallest absolute Gasteiger partial charge is 0.255 e. The first kappa shape index (κ1) is 19.5. The molecule has 0 saturated heterocycles. The zero-order chi connectivity index (χ0) is 20.9. The van der Waals surface area contributed by atoms with Crippen LogP contribution < -0.4 is 9.47 Å². The molecule has 0 N–H and O–H groups in total. The van der Waals surface area contributed by atoms with Crippen LogP contribution in [0.5, 0.6) is 11.5 Å². The van der Waals surface area contributed by atoms with Gasteiger partial charge in [0, 0.05) is 12.1 Å². The van der Waals surface area contributed by atoms with Crippen LogP contribution in [0.15, 0.2) is 72.8 Å². The second-order valence-electron chi connectivity index (χ2n) is 7.12. The van der Waals surface area contributed by atoms with Gasteiger partial charge in [0.1, 0.15) is 12.6 Å². The third-order valence-corrected chi connectivity index (χ3v) is 5.29. The van der Waals surface area contributed by atoms with Crippen molar-refractivity contribution in [3.8, 4) is 17.6 Å². The van der Waals surface area contributed by atoms with Gasteiger partial charge in [-0.3, -0.25) is 4.79 Å². The summed E-state index contributed by atoms with van der Waals surface area (Å²) < 4.78 is 11.5. The van der Waals surface area contributed by atoms with Crippen LogP contribution in [0.3, 0.4) is 0 Å². The summed E-state index contributed by atoms with van der Waals surface area (Å²) in [6, 6.07) is 24.4. The highest BCUT2D eigenvalue weighted by Gasteiger charge is 2.32. The first-order chi connectivity index (χ1) is 14.7. The minimum absolute atomic E-state index is 0.142. The number of rotatable bonds is 5. The van der Waals surface area contributed by atoms with Crippen molar-refractivity contribution in [1.29, 1.82) is 5.26 Å². The number of benzene rings is 3. The lowest BCUT2D eigenvalue weighted by Crippen LogP contribution is -2.39. The fourth-order valence-corrected chi connectivity index (χ4v) is 3.74. The molecule has 0 spiro atoms. The predicted molar refractivity (Wildman–Crippen MR) is 113 cm³/mol. The molecule has 150 valence electrons. The first-order valence-electron chi connectivity index (χ1n) is 9.84. The van der Waals surface area contributed by atoms with Crippen LogP contribution in [0.2, 0.25) is 0 Å². The Morgan fingerprint density at radius 1 is 1.07 bits per heavy atom. The Morgan fingerprint density at radius 3 is 2.43 bits per heavy atom. The summed E-state index contributed by atoms with van der Waals surface area (Å²) in [5.41, 5.74) is 3.43.